The summed E-state index contributed by atoms with van der Waals surface area (Å²) in [5, 5.41) is 6.01. The molecule has 1 atom stereocenters. The summed E-state index contributed by atoms with van der Waals surface area (Å²) in [6, 6.07) is 6.60. The molecule has 1 aliphatic carbocycles. The lowest BCUT2D eigenvalue weighted by atomic mass is 9.76. The van der Waals surface area contributed by atoms with Crippen LogP contribution in [0, 0.1) is 5.92 Å². The van der Waals surface area contributed by atoms with Gasteiger partial charge in [0, 0.05) is 58.7 Å². The van der Waals surface area contributed by atoms with Gasteiger partial charge in [0.2, 0.25) is 0 Å². The van der Waals surface area contributed by atoms with Crippen LogP contribution in [0.4, 0.5) is 0 Å². The quantitative estimate of drug-likeness (QED) is 0.430. The van der Waals surface area contributed by atoms with E-state index < -0.39 is 0 Å². The third-order valence-electron chi connectivity index (χ3n) is 6.85. The van der Waals surface area contributed by atoms with E-state index in [0.717, 1.165) is 39.9 Å². The molecule has 0 radical (unpaired) electrons. The van der Waals surface area contributed by atoms with Crippen molar-refractivity contribution in [1.29, 1.82) is 0 Å². The summed E-state index contributed by atoms with van der Waals surface area (Å²) in [5.74, 6) is 3.48. The molecule has 1 aromatic carbocycles. The zero-order valence-electron chi connectivity index (χ0n) is 16.9. The van der Waals surface area contributed by atoms with Crippen molar-refractivity contribution in [2.45, 2.75) is 31.6 Å². The second-order valence-corrected chi connectivity index (χ2v) is 11.8. The third kappa shape index (κ3) is 4.25. The van der Waals surface area contributed by atoms with Crippen LogP contribution in [0.3, 0.4) is 0 Å². The van der Waals surface area contributed by atoms with Crippen LogP contribution in [-0.2, 0) is 12.8 Å². The highest BCUT2D eigenvalue weighted by Crippen LogP contribution is 2.45. The highest BCUT2D eigenvalue weighted by molar-refractivity contribution is 9.10. The molecule has 0 amide bonds. The lowest BCUT2D eigenvalue weighted by Gasteiger charge is -2.43. The standard InChI is InChI=1S/C23H26Br2ClN3S/c24-17-13-16-1-2-19-18(3-4-20(26)22(19)25)21(23(16)27-14-17)15-5-7-28(8-6-15)29-9-11-30-12-10-29/h3-4,13-15,21H,1-2,5-12H2. The first-order valence-electron chi connectivity index (χ1n) is 10.8. The first-order valence-corrected chi connectivity index (χ1v) is 13.9. The smallest absolute Gasteiger partial charge is 0.0551 e. The maximum Gasteiger partial charge on any atom is 0.0551 e. The van der Waals surface area contributed by atoms with Gasteiger partial charge in [-0.05, 0) is 92.3 Å². The van der Waals surface area contributed by atoms with Crippen molar-refractivity contribution in [2.75, 3.05) is 37.7 Å². The molecule has 0 N–H and O–H groups in total. The Bertz CT molecular complexity index is 927. The van der Waals surface area contributed by atoms with E-state index in [9.17, 15) is 0 Å². The van der Waals surface area contributed by atoms with Crippen LogP contribution >= 0.6 is 55.2 Å². The SMILES string of the molecule is Clc1ccc2c(c1Br)CCc1cc(Br)cnc1C2C1CCN(N2CCSCC2)CC1. The van der Waals surface area contributed by atoms with Crippen LogP contribution in [0.5, 0.6) is 0 Å². The van der Waals surface area contributed by atoms with E-state index in [-0.39, 0.29) is 0 Å². The van der Waals surface area contributed by atoms with Crippen molar-refractivity contribution in [2.24, 2.45) is 5.92 Å². The van der Waals surface area contributed by atoms with E-state index in [1.807, 2.05) is 6.20 Å². The number of pyridine rings is 1. The minimum atomic E-state index is 0.346. The van der Waals surface area contributed by atoms with Gasteiger partial charge in [0.25, 0.3) is 0 Å². The molecule has 5 rings (SSSR count). The van der Waals surface area contributed by atoms with Gasteiger partial charge in [-0.2, -0.15) is 11.8 Å². The molecule has 1 aromatic heterocycles. The third-order valence-corrected chi connectivity index (χ3v) is 9.67. The number of piperidine rings is 1. The number of hydrazine groups is 1. The molecule has 0 spiro atoms. The van der Waals surface area contributed by atoms with Gasteiger partial charge in [0.15, 0.2) is 0 Å². The van der Waals surface area contributed by atoms with Crippen molar-refractivity contribution in [3.8, 4) is 0 Å². The lowest BCUT2D eigenvalue weighted by Crippen LogP contribution is -2.50. The Kier molecular flexibility index (Phi) is 6.81. The predicted octanol–water partition coefficient (Wildman–Crippen LogP) is 6.17. The van der Waals surface area contributed by atoms with Gasteiger partial charge in [0.05, 0.1) is 10.7 Å². The predicted molar refractivity (Wildman–Crippen MR) is 134 cm³/mol. The summed E-state index contributed by atoms with van der Waals surface area (Å²) in [6.07, 6.45) is 6.41. The second-order valence-electron chi connectivity index (χ2n) is 8.46. The van der Waals surface area contributed by atoms with Crippen molar-refractivity contribution >= 4 is 55.2 Å². The Balaban J connectivity index is 1.47. The average Bonchev–Trinajstić information content (AvgIpc) is 2.94. The molecule has 7 heteroatoms. The maximum atomic E-state index is 6.49. The first-order chi connectivity index (χ1) is 14.6. The number of aromatic nitrogens is 1. The van der Waals surface area contributed by atoms with Crippen LogP contribution < -0.4 is 0 Å². The van der Waals surface area contributed by atoms with Gasteiger partial charge >= 0.3 is 0 Å². The van der Waals surface area contributed by atoms with Crippen molar-refractivity contribution < 1.29 is 0 Å². The molecular weight excluding hydrogens is 546 g/mol. The summed E-state index contributed by atoms with van der Waals surface area (Å²) in [5.41, 5.74) is 5.45. The summed E-state index contributed by atoms with van der Waals surface area (Å²) in [4.78, 5) is 4.97. The number of benzene rings is 1. The molecule has 2 fully saturated rings. The van der Waals surface area contributed by atoms with Gasteiger partial charge in [-0.3, -0.25) is 4.98 Å². The van der Waals surface area contributed by atoms with Crippen molar-refractivity contribution in [1.82, 2.24) is 15.0 Å². The number of hydrogen-bond acceptors (Lipinski definition) is 4. The molecular formula is C23H26Br2ClN3S. The van der Waals surface area contributed by atoms with Crippen LogP contribution in [0.2, 0.25) is 5.02 Å². The fourth-order valence-electron chi connectivity index (χ4n) is 5.35. The minimum absolute atomic E-state index is 0.346. The molecule has 2 aromatic rings. The Morgan fingerprint density at radius 1 is 1.00 bits per heavy atom. The largest absolute Gasteiger partial charge is 0.259 e. The first kappa shape index (κ1) is 21.7. The fraction of sp³-hybridized carbons (Fsp3) is 0.522. The number of halogens is 3. The van der Waals surface area contributed by atoms with Gasteiger partial charge in [-0.15, -0.1) is 0 Å². The van der Waals surface area contributed by atoms with Crippen LogP contribution in [0.15, 0.2) is 33.3 Å². The molecule has 30 heavy (non-hydrogen) atoms. The van der Waals surface area contributed by atoms with E-state index >= 15 is 0 Å². The van der Waals surface area contributed by atoms with Gasteiger partial charge < -0.3 is 0 Å². The number of aryl methyl sites for hydroxylation is 1. The van der Waals surface area contributed by atoms with E-state index in [1.165, 1.54) is 59.8 Å². The van der Waals surface area contributed by atoms with E-state index in [2.05, 4.69) is 71.8 Å². The highest BCUT2D eigenvalue weighted by Gasteiger charge is 2.36. The molecule has 0 saturated carbocycles. The van der Waals surface area contributed by atoms with Crippen molar-refractivity contribution in [3.63, 3.8) is 0 Å². The molecule has 3 aliphatic rings. The molecule has 3 nitrogen and oxygen atoms in total. The summed E-state index contributed by atoms with van der Waals surface area (Å²) < 4.78 is 2.14. The molecule has 2 aliphatic heterocycles. The Morgan fingerprint density at radius 2 is 1.73 bits per heavy atom. The van der Waals surface area contributed by atoms with Crippen LogP contribution in [0.1, 0.15) is 41.1 Å². The molecule has 0 bridgehead atoms. The summed E-state index contributed by atoms with van der Waals surface area (Å²) in [7, 11) is 0. The van der Waals surface area contributed by atoms with E-state index in [1.54, 1.807) is 0 Å². The van der Waals surface area contributed by atoms with E-state index in [0.29, 0.717) is 11.8 Å². The van der Waals surface area contributed by atoms with E-state index in [4.69, 9.17) is 16.6 Å². The zero-order valence-corrected chi connectivity index (χ0v) is 21.7. The Labute approximate surface area is 205 Å². The second kappa shape index (κ2) is 9.40. The lowest BCUT2D eigenvalue weighted by molar-refractivity contribution is -0.0433. The normalized spacial score (nSPS) is 23.6. The van der Waals surface area contributed by atoms with Crippen LogP contribution in [-0.4, -0.2) is 52.7 Å². The zero-order chi connectivity index (χ0) is 20.7. The molecule has 160 valence electrons. The summed E-state index contributed by atoms with van der Waals surface area (Å²) in [6.45, 7) is 4.71. The molecule has 3 heterocycles. The number of hydrogen-bond donors (Lipinski definition) is 0. The Hall–Kier alpha value is -0.110. The van der Waals surface area contributed by atoms with Gasteiger partial charge in [-0.1, -0.05) is 17.7 Å². The van der Waals surface area contributed by atoms with Crippen LogP contribution in [0.25, 0.3) is 0 Å². The Morgan fingerprint density at radius 3 is 2.50 bits per heavy atom. The fourth-order valence-corrected chi connectivity index (χ4v) is 7.35. The van der Waals surface area contributed by atoms with Gasteiger partial charge in [-0.25, -0.2) is 10.0 Å². The number of nitrogens with zero attached hydrogens (tertiary/aromatic N) is 3. The number of rotatable bonds is 2. The number of thioether (sulfide) groups is 1. The topological polar surface area (TPSA) is 19.4 Å². The highest BCUT2D eigenvalue weighted by atomic mass is 79.9. The molecule has 2 saturated heterocycles. The summed E-state index contributed by atoms with van der Waals surface area (Å²) >= 11 is 16.0. The van der Waals surface area contributed by atoms with Crippen molar-refractivity contribution in [3.05, 3.63) is 60.7 Å². The maximum absolute atomic E-state index is 6.49. The molecule has 1 unspecified atom stereocenters. The number of fused-ring (bicyclic) bond motifs is 2. The van der Waals surface area contributed by atoms with Gasteiger partial charge in [0.1, 0.15) is 0 Å². The minimum Gasteiger partial charge on any atom is -0.259 e. The monoisotopic (exact) mass is 569 g/mol. The average molecular weight is 572 g/mol.